The van der Waals surface area contributed by atoms with Gasteiger partial charge in [0.15, 0.2) is 23.4 Å². The van der Waals surface area contributed by atoms with Gasteiger partial charge in [-0.1, -0.05) is 18.2 Å². The number of hydrogen-bond acceptors (Lipinski definition) is 2. The number of amides is 1. The predicted octanol–water partition coefficient (Wildman–Crippen LogP) is 3.07. The van der Waals surface area contributed by atoms with Gasteiger partial charge in [0.05, 0.1) is 5.69 Å². The number of nitrogens with one attached hydrogen (secondary N) is 2. The Morgan fingerprint density at radius 3 is 2.70 bits per heavy atom. The smallest absolute Gasteiger partial charge is 0.246 e. The molecule has 0 spiro atoms. The second kappa shape index (κ2) is 8.11. The number of halogens is 3. The first kappa shape index (κ1) is 18.8. The molecule has 0 aromatic heterocycles. The molecule has 1 aliphatic heterocycles. The monoisotopic (exact) mass is 376 g/mol. The standard InChI is InChI=1S/C19H19F3N4O/c1-2-23-19(26-10-9-12-5-3-4-6-15(12)26)24-11-16(27)25-14-8-7-13(20)17(21)18(14)22/h3-8H,2,9-11H2,1H3,(H,23,24)(H,25,27). The van der Waals surface area contributed by atoms with Crippen LogP contribution in [0, 0.1) is 17.5 Å². The van der Waals surface area contributed by atoms with Gasteiger partial charge in [0.1, 0.15) is 6.54 Å². The summed E-state index contributed by atoms with van der Waals surface area (Å²) in [4.78, 5) is 18.3. The highest BCUT2D eigenvalue weighted by atomic mass is 19.2. The number of carbonyl (C=O) groups is 1. The van der Waals surface area contributed by atoms with Crippen molar-refractivity contribution in [2.24, 2.45) is 4.99 Å². The molecule has 27 heavy (non-hydrogen) atoms. The first-order chi connectivity index (χ1) is 13.0. The van der Waals surface area contributed by atoms with Crippen LogP contribution >= 0.6 is 0 Å². The Kier molecular flexibility index (Phi) is 5.63. The molecule has 142 valence electrons. The Labute approximate surface area is 154 Å². The Bertz CT molecular complexity index is 885. The van der Waals surface area contributed by atoms with E-state index in [1.807, 2.05) is 36.1 Å². The Hall–Kier alpha value is -3.03. The molecule has 8 heteroatoms. The summed E-state index contributed by atoms with van der Waals surface area (Å²) in [5.41, 5.74) is 1.78. The molecule has 2 N–H and O–H groups in total. The van der Waals surface area contributed by atoms with Crippen molar-refractivity contribution in [1.29, 1.82) is 0 Å². The minimum atomic E-state index is -1.63. The summed E-state index contributed by atoms with van der Waals surface area (Å²) in [6.45, 7) is 2.95. The largest absolute Gasteiger partial charge is 0.356 e. The Balaban J connectivity index is 1.72. The number of anilines is 2. The first-order valence-corrected chi connectivity index (χ1v) is 8.58. The van der Waals surface area contributed by atoms with Gasteiger partial charge in [0, 0.05) is 18.8 Å². The van der Waals surface area contributed by atoms with Gasteiger partial charge in [-0.25, -0.2) is 18.2 Å². The van der Waals surface area contributed by atoms with E-state index in [0.717, 1.165) is 30.8 Å². The molecule has 3 rings (SSSR count). The number of guanidine groups is 1. The summed E-state index contributed by atoms with van der Waals surface area (Å²) in [6, 6.07) is 9.64. The molecule has 1 amide bonds. The van der Waals surface area contributed by atoms with E-state index >= 15 is 0 Å². The van der Waals surface area contributed by atoms with Gasteiger partial charge < -0.3 is 15.5 Å². The van der Waals surface area contributed by atoms with E-state index in [0.29, 0.717) is 12.5 Å². The van der Waals surface area contributed by atoms with Crippen LogP contribution < -0.4 is 15.5 Å². The highest BCUT2D eigenvalue weighted by Crippen LogP contribution is 2.27. The summed E-state index contributed by atoms with van der Waals surface area (Å²) in [7, 11) is 0. The van der Waals surface area contributed by atoms with Crippen molar-refractivity contribution in [2.75, 3.05) is 29.9 Å². The minimum absolute atomic E-state index is 0.292. The SMILES string of the molecule is CCNC(=NCC(=O)Nc1ccc(F)c(F)c1F)N1CCc2ccccc21. The number of benzene rings is 2. The maximum atomic E-state index is 13.7. The fourth-order valence-electron chi connectivity index (χ4n) is 2.91. The highest BCUT2D eigenvalue weighted by molar-refractivity contribution is 6.00. The quantitative estimate of drug-likeness (QED) is 0.490. The van der Waals surface area contributed by atoms with E-state index < -0.39 is 29.0 Å². The van der Waals surface area contributed by atoms with Crippen LogP contribution in [-0.4, -0.2) is 31.5 Å². The number of hydrogen-bond donors (Lipinski definition) is 2. The van der Waals surface area contributed by atoms with Crippen LogP contribution in [0.4, 0.5) is 24.5 Å². The molecule has 0 aliphatic carbocycles. The predicted molar refractivity (Wildman–Crippen MR) is 98.4 cm³/mol. The molecule has 2 aromatic carbocycles. The third-order valence-corrected chi connectivity index (χ3v) is 4.16. The van der Waals surface area contributed by atoms with Crippen molar-refractivity contribution in [3.8, 4) is 0 Å². The van der Waals surface area contributed by atoms with Crippen LogP contribution in [0.2, 0.25) is 0 Å². The molecule has 0 saturated carbocycles. The third-order valence-electron chi connectivity index (χ3n) is 4.16. The zero-order valence-electron chi connectivity index (χ0n) is 14.7. The lowest BCUT2D eigenvalue weighted by Gasteiger charge is -2.22. The Morgan fingerprint density at radius 2 is 1.93 bits per heavy atom. The van der Waals surface area contributed by atoms with Crippen molar-refractivity contribution in [2.45, 2.75) is 13.3 Å². The summed E-state index contributed by atoms with van der Waals surface area (Å²) < 4.78 is 39.9. The molecule has 5 nitrogen and oxygen atoms in total. The average Bonchev–Trinajstić information content (AvgIpc) is 3.09. The highest BCUT2D eigenvalue weighted by Gasteiger charge is 2.22. The number of para-hydroxylation sites is 1. The van der Waals surface area contributed by atoms with Gasteiger partial charge in [-0.3, -0.25) is 4.79 Å². The lowest BCUT2D eigenvalue weighted by atomic mass is 10.2. The fraction of sp³-hybridized carbons (Fsp3) is 0.263. The maximum Gasteiger partial charge on any atom is 0.246 e. The van der Waals surface area contributed by atoms with Crippen molar-refractivity contribution < 1.29 is 18.0 Å². The number of aliphatic imine (C=N–C) groups is 1. The minimum Gasteiger partial charge on any atom is -0.356 e. The van der Waals surface area contributed by atoms with Gasteiger partial charge in [0.25, 0.3) is 0 Å². The van der Waals surface area contributed by atoms with E-state index in [4.69, 9.17) is 0 Å². The molecule has 0 radical (unpaired) electrons. The number of carbonyl (C=O) groups excluding carboxylic acids is 1. The van der Waals surface area contributed by atoms with Gasteiger partial charge >= 0.3 is 0 Å². The second-order valence-corrected chi connectivity index (χ2v) is 5.97. The summed E-state index contributed by atoms with van der Waals surface area (Å²) in [5, 5.41) is 5.34. The topological polar surface area (TPSA) is 56.7 Å². The number of fused-ring (bicyclic) bond motifs is 1. The van der Waals surface area contributed by atoms with Crippen LogP contribution in [0.15, 0.2) is 41.4 Å². The van der Waals surface area contributed by atoms with E-state index in [-0.39, 0.29) is 6.54 Å². The first-order valence-electron chi connectivity index (χ1n) is 8.58. The van der Waals surface area contributed by atoms with Crippen LogP contribution in [0.25, 0.3) is 0 Å². The van der Waals surface area contributed by atoms with Crippen molar-refractivity contribution in [3.63, 3.8) is 0 Å². The van der Waals surface area contributed by atoms with Gasteiger partial charge in [-0.15, -0.1) is 0 Å². The molecule has 1 aliphatic rings. The fourth-order valence-corrected chi connectivity index (χ4v) is 2.91. The molecule has 0 atom stereocenters. The number of rotatable bonds is 4. The summed E-state index contributed by atoms with van der Waals surface area (Å²) >= 11 is 0. The molecule has 0 unspecified atom stereocenters. The molecule has 2 aromatic rings. The lowest BCUT2D eigenvalue weighted by molar-refractivity contribution is -0.114. The van der Waals surface area contributed by atoms with Gasteiger partial charge in [0.2, 0.25) is 5.91 Å². The third kappa shape index (κ3) is 4.05. The van der Waals surface area contributed by atoms with Crippen LogP contribution in [-0.2, 0) is 11.2 Å². The van der Waals surface area contributed by atoms with Gasteiger partial charge in [-0.2, -0.15) is 0 Å². The van der Waals surface area contributed by atoms with Crippen LogP contribution in [0.1, 0.15) is 12.5 Å². The molecule has 0 bridgehead atoms. The Morgan fingerprint density at radius 1 is 1.15 bits per heavy atom. The van der Waals surface area contributed by atoms with E-state index in [9.17, 15) is 18.0 Å². The van der Waals surface area contributed by atoms with Crippen molar-refractivity contribution >= 4 is 23.2 Å². The lowest BCUT2D eigenvalue weighted by Crippen LogP contribution is -2.41. The average molecular weight is 376 g/mol. The van der Waals surface area contributed by atoms with E-state index in [2.05, 4.69) is 15.6 Å². The normalized spacial score (nSPS) is 13.5. The molecule has 0 fully saturated rings. The van der Waals surface area contributed by atoms with E-state index in [1.165, 1.54) is 5.56 Å². The molecule has 1 heterocycles. The van der Waals surface area contributed by atoms with E-state index in [1.54, 1.807) is 0 Å². The van der Waals surface area contributed by atoms with Crippen LogP contribution in [0.5, 0.6) is 0 Å². The summed E-state index contributed by atoms with van der Waals surface area (Å²) in [6.07, 6.45) is 0.868. The molecular weight excluding hydrogens is 357 g/mol. The summed E-state index contributed by atoms with van der Waals surface area (Å²) in [5.74, 6) is -4.48. The van der Waals surface area contributed by atoms with Crippen molar-refractivity contribution in [1.82, 2.24) is 5.32 Å². The second-order valence-electron chi connectivity index (χ2n) is 5.97. The number of nitrogens with zero attached hydrogens (tertiary/aromatic N) is 2. The zero-order valence-corrected chi connectivity index (χ0v) is 14.7. The van der Waals surface area contributed by atoms with Crippen molar-refractivity contribution in [3.05, 3.63) is 59.4 Å². The molecular formula is C19H19F3N4O. The maximum absolute atomic E-state index is 13.7. The van der Waals surface area contributed by atoms with Crippen LogP contribution in [0.3, 0.4) is 0 Å². The zero-order chi connectivity index (χ0) is 19.4. The van der Waals surface area contributed by atoms with Gasteiger partial charge in [-0.05, 0) is 37.1 Å². The molecule has 0 saturated heterocycles.